The first-order valence-corrected chi connectivity index (χ1v) is 12.1. The van der Waals surface area contributed by atoms with Crippen molar-refractivity contribution in [1.82, 2.24) is 5.32 Å². The number of hydrogen-bond acceptors (Lipinski definition) is 6. The fraction of sp³-hybridized carbons (Fsp3) is 0.400. The maximum absolute atomic E-state index is 13.0. The molecule has 0 fully saturated rings. The third kappa shape index (κ3) is 4.86. The second-order valence-corrected chi connectivity index (χ2v) is 9.36. The van der Waals surface area contributed by atoms with Crippen LogP contribution in [0, 0.1) is 13.8 Å². The second-order valence-electron chi connectivity index (χ2n) is 8.26. The highest BCUT2D eigenvalue weighted by Gasteiger charge is 2.28. The zero-order valence-electron chi connectivity index (χ0n) is 19.1. The third-order valence-electron chi connectivity index (χ3n) is 5.71. The van der Waals surface area contributed by atoms with Gasteiger partial charge < -0.3 is 19.8 Å². The summed E-state index contributed by atoms with van der Waals surface area (Å²) in [6, 6.07) is 4.88. The maximum Gasteiger partial charge on any atom is 0.292 e. The molecule has 0 aliphatic heterocycles. The van der Waals surface area contributed by atoms with Crippen LogP contribution < -0.4 is 16.1 Å². The number of rotatable bonds is 8. The summed E-state index contributed by atoms with van der Waals surface area (Å²) < 4.78 is 11.1. The molecular formula is C25H28N2O5S. The average molecular weight is 469 g/mol. The Morgan fingerprint density at radius 3 is 2.76 bits per heavy atom. The van der Waals surface area contributed by atoms with Crippen molar-refractivity contribution in [2.24, 2.45) is 0 Å². The fourth-order valence-corrected chi connectivity index (χ4v) is 5.51. The van der Waals surface area contributed by atoms with Gasteiger partial charge in [-0.05, 0) is 69.2 Å². The lowest BCUT2D eigenvalue weighted by molar-refractivity contribution is 0.0944. The first kappa shape index (κ1) is 23.2. The number of fused-ring (bicyclic) bond motifs is 2. The normalized spacial score (nSPS) is 12.7. The largest absolute Gasteiger partial charge is 0.450 e. The van der Waals surface area contributed by atoms with E-state index in [0.717, 1.165) is 40.8 Å². The molecule has 1 aromatic carbocycles. The van der Waals surface area contributed by atoms with Gasteiger partial charge >= 0.3 is 0 Å². The number of hydrogen-bond donors (Lipinski definition) is 2. The molecule has 0 radical (unpaired) electrons. The predicted octanol–water partition coefficient (Wildman–Crippen LogP) is 4.37. The second kappa shape index (κ2) is 9.89. The van der Waals surface area contributed by atoms with Crippen molar-refractivity contribution in [2.45, 2.75) is 46.5 Å². The van der Waals surface area contributed by atoms with Crippen LogP contribution in [0.25, 0.3) is 11.0 Å². The fourth-order valence-electron chi connectivity index (χ4n) is 4.23. The number of nitrogens with one attached hydrogen (secondary N) is 2. The van der Waals surface area contributed by atoms with Gasteiger partial charge in [0.05, 0.1) is 10.9 Å². The van der Waals surface area contributed by atoms with Gasteiger partial charge in [0, 0.05) is 30.7 Å². The van der Waals surface area contributed by atoms with Crippen molar-refractivity contribution in [1.29, 1.82) is 0 Å². The van der Waals surface area contributed by atoms with Crippen molar-refractivity contribution in [3.8, 4) is 0 Å². The van der Waals surface area contributed by atoms with Gasteiger partial charge in [0.15, 0.2) is 11.2 Å². The molecule has 0 saturated carbocycles. The zero-order chi connectivity index (χ0) is 23.5. The number of thiophene rings is 1. The number of carbonyl (C=O) groups excluding carboxylic acids is 2. The Balaban J connectivity index is 1.59. The monoisotopic (exact) mass is 468 g/mol. The molecule has 3 aromatic rings. The highest BCUT2D eigenvalue weighted by molar-refractivity contribution is 7.17. The third-order valence-corrected chi connectivity index (χ3v) is 6.92. The molecule has 2 amide bonds. The molecule has 0 saturated heterocycles. The minimum atomic E-state index is -0.542. The summed E-state index contributed by atoms with van der Waals surface area (Å²) in [5, 5.41) is 6.71. The van der Waals surface area contributed by atoms with Gasteiger partial charge in [-0.15, -0.1) is 11.3 Å². The lowest BCUT2D eigenvalue weighted by Gasteiger charge is -2.10. The van der Waals surface area contributed by atoms with Crippen LogP contribution in [0.5, 0.6) is 0 Å². The van der Waals surface area contributed by atoms with Crippen LogP contribution in [-0.4, -0.2) is 31.6 Å². The molecule has 2 heterocycles. The van der Waals surface area contributed by atoms with E-state index in [9.17, 15) is 14.4 Å². The van der Waals surface area contributed by atoms with E-state index in [0.29, 0.717) is 47.7 Å². The molecule has 0 atom stereocenters. The van der Waals surface area contributed by atoms with Gasteiger partial charge in [-0.2, -0.15) is 0 Å². The van der Waals surface area contributed by atoms with Gasteiger partial charge in [-0.25, -0.2) is 0 Å². The van der Waals surface area contributed by atoms with E-state index in [2.05, 4.69) is 10.6 Å². The molecule has 0 bridgehead atoms. The van der Waals surface area contributed by atoms with Crippen LogP contribution in [0.4, 0.5) is 5.00 Å². The topological polar surface area (TPSA) is 97.6 Å². The van der Waals surface area contributed by atoms with E-state index in [1.807, 2.05) is 26.8 Å². The zero-order valence-corrected chi connectivity index (χ0v) is 19.9. The number of benzene rings is 1. The van der Waals surface area contributed by atoms with Crippen LogP contribution in [0.15, 0.2) is 27.4 Å². The standard InChI is InChI=1S/C25H28N2O5S/c1-4-31-10-6-9-26-24(30)21-16-7-5-8-20(16)33-25(21)27-23(29)19-13-18(28)17-12-14(2)11-15(3)22(17)32-19/h11-13H,4-10H2,1-3H3,(H,26,30)(H,27,29). The quantitative estimate of drug-likeness (QED) is 0.479. The summed E-state index contributed by atoms with van der Waals surface area (Å²) in [5.74, 6) is -0.817. The van der Waals surface area contributed by atoms with E-state index < -0.39 is 5.91 Å². The highest BCUT2D eigenvalue weighted by atomic mass is 32.1. The Morgan fingerprint density at radius 2 is 1.97 bits per heavy atom. The van der Waals surface area contributed by atoms with Gasteiger partial charge in [0.1, 0.15) is 10.6 Å². The summed E-state index contributed by atoms with van der Waals surface area (Å²) in [4.78, 5) is 39.8. The van der Waals surface area contributed by atoms with Crippen LogP contribution in [0.3, 0.4) is 0 Å². The van der Waals surface area contributed by atoms with Gasteiger partial charge in [0.25, 0.3) is 11.8 Å². The predicted molar refractivity (Wildman–Crippen MR) is 130 cm³/mol. The molecule has 7 nitrogen and oxygen atoms in total. The summed E-state index contributed by atoms with van der Waals surface area (Å²) in [6.45, 7) is 7.41. The molecule has 2 aromatic heterocycles. The Hall–Kier alpha value is -2.97. The van der Waals surface area contributed by atoms with Crippen LogP contribution in [0.2, 0.25) is 0 Å². The number of aryl methyl sites for hydroxylation is 3. The Morgan fingerprint density at radius 1 is 1.15 bits per heavy atom. The molecule has 1 aliphatic carbocycles. The molecule has 4 rings (SSSR count). The van der Waals surface area contributed by atoms with Crippen LogP contribution in [-0.2, 0) is 17.6 Å². The van der Waals surface area contributed by atoms with Crippen LogP contribution >= 0.6 is 11.3 Å². The molecule has 2 N–H and O–H groups in total. The van der Waals surface area contributed by atoms with Crippen molar-refractivity contribution >= 4 is 39.1 Å². The van der Waals surface area contributed by atoms with E-state index in [1.165, 1.54) is 17.4 Å². The molecule has 33 heavy (non-hydrogen) atoms. The maximum atomic E-state index is 13.0. The van der Waals surface area contributed by atoms with Gasteiger partial charge in [-0.3, -0.25) is 14.4 Å². The first-order chi connectivity index (χ1) is 15.9. The minimum absolute atomic E-state index is 0.0731. The summed E-state index contributed by atoms with van der Waals surface area (Å²) >= 11 is 1.42. The van der Waals surface area contributed by atoms with Crippen molar-refractivity contribution in [3.05, 3.63) is 61.3 Å². The average Bonchev–Trinajstić information content (AvgIpc) is 3.34. The van der Waals surface area contributed by atoms with Crippen molar-refractivity contribution in [2.75, 3.05) is 25.1 Å². The number of amides is 2. The van der Waals surface area contributed by atoms with E-state index in [4.69, 9.17) is 9.15 Å². The Kier molecular flexibility index (Phi) is 6.95. The number of ether oxygens (including phenoxy) is 1. The summed E-state index contributed by atoms with van der Waals surface area (Å²) in [5.41, 5.74) is 3.40. The SMILES string of the molecule is CCOCCCNC(=O)c1c(NC(=O)c2cc(=O)c3cc(C)cc(C)c3o2)sc2c1CCC2. The van der Waals surface area contributed by atoms with E-state index in [1.54, 1.807) is 6.07 Å². The lowest BCUT2D eigenvalue weighted by atomic mass is 10.1. The molecule has 0 spiro atoms. The first-order valence-electron chi connectivity index (χ1n) is 11.3. The lowest BCUT2D eigenvalue weighted by Crippen LogP contribution is -2.27. The number of anilines is 1. The smallest absolute Gasteiger partial charge is 0.292 e. The van der Waals surface area contributed by atoms with E-state index >= 15 is 0 Å². The molecule has 1 aliphatic rings. The number of carbonyl (C=O) groups is 2. The molecule has 8 heteroatoms. The molecule has 174 valence electrons. The molecule has 0 unspecified atom stereocenters. The highest BCUT2D eigenvalue weighted by Crippen LogP contribution is 2.39. The molecular weight excluding hydrogens is 440 g/mol. The van der Waals surface area contributed by atoms with Crippen LogP contribution in [0.1, 0.15) is 62.2 Å². The Bertz CT molecular complexity index is 1270. The summed E-state index contributed by atoms with van der Waals surface area (Å²) in [6.07, 6.45) is 3.42. The Labute approximate surface area is 196 Å². The van der Waals surface area contributed by atoms with Gasteiger partial charge in [0.2, 0.25) is 0 Å². The van der Waals surface area contributed by atoms with Gasteiger partial charge in [-0.1, -0.05) is 6.07 Å². The van der Waals surface area contributed by atoms with Crippen molar-refractivity contribution in [3.63, 3.8) is 0 Å². The summed E-state index contributed by atoms with van der Waals surface area (Å²) in [7, 11) is 0. The van der Waals surface area contributed by atoms with Crippen molar-refractivity contribution < 1.29 is 18.7 Å². The van der Waals surface area contributed by atoms with E-state index in [-0.39, 0.29) is 17.1 Å². The minimum Gasteiger partial charge on any atom is -0.450 e.